The maximum Gasteiger partial charge on any atom is 0.228 e. The number of pyridine rings is 1. The van der Waals surface area contributed by atoms with Crippen LogP contribution in [0.5, 0.6) is 0 Å². The molecule has 0 spiro atoms. The van der Waals surface area contributed by atoms with E-state index in [-0.39, 0.29) is 11.8 Å². The summed E-state index contributed by atoms with van der Waals surface area (Å²) >= 11 is 5.12. The highest BCUT2D eigenvalue weighted by Gasteiger charge is 2.08. The van der Waals surface area contributed by atoms with Crippen LogP contribution in [0.25, 0.3) is 0 Å². The largest absolute Gasteiger partial charge is 0.332 e. The average molecular weight is 313 g/mol. The van der Waals surface area contributed by atoms with Crippen LogP contribution in [-0.2, 0) is 11.2 Å². The number of anilines is 1. The van der Waals surface area contributed by atoms with E-state index in [1.165, 1.54) is 11.1 Å². The summed E-state index contributed by atoms with van der Waals surface area (Å²) < 4.78 is 0. The van der Waals surface area contributed by atoms with E-state index >= 15 is 0 Å². The quantitative estimate of drug-likeness (QED) is 0.852. The van der Waals surface area contributed by atoms with Crippen molar-refractivity contribution in [3.63, 3.8) is 0 Å². The Balaban J connectivity index is 1.92. The lowest BCUT2D eigenvalue weighted by Crippen LogP contribution is -2.36. The topological polar surface area (TPSA) is 54.0 Å². The molecule has 0 aliphatic carbocycles. The Morgan fingerprint density at radius 1 is 1.09 bits per heavy atom. The number of aromatic nitrogens is 1. The van der Waals surface area contributed by atoms with Gasteiger partial charge < -0.3 is 10.6 Å². The fourth-order valence-electron chi connectivity index (χ4n) is 1.86. The molecule has 0 saturated heterocycles. The maximum absolute atomic E-state index is 11.6. The summed E-state index contributed by atoms with van der Waals surface area (Å²) in [6.07, 6.45) is 4.44. The van der Waals surface area contributed by atoms with E-state index in [1.54, 1.807) is 12.4 Å². The van der Waals surface area contributed by atoms with Crippen LogP contribution in [0.1, 0.15) is 25.0 Å². The number of nitrogens with zero attached hydrogens (tertiary/aromatic N) is 1. The van der Waals surface area contributed by atoms with Gasteiger partial charge in [0, 0.05) is 24.0 Å². The highest BCUT2D eigenvalue weighted by molar-refractivity contribution is 7.80. The second-order valence-corrected chi connectivity index (χ2v) is 5.74. The van der Waals surface area contributed by atoms with Crippen molar-refractivity contribution < 1.29 is 4.79 Å². The SMILES string of the molecule is CC(C)C(=O)NC(=S)Nc1ccc(Cc2ccncc2)cc1. The molecule has 0 bridgehead atoms. The molecule has 2 rings (SSSR count). The molecular weight excluding hydrogens is 294 g/mol. The number of hydrogen-bond donors (Lipinski definition) is 2. The minimum absolute atomic E-state index is 0.0909. The smallest absolute Gasteiger partial charge is 0.228 e. The predicted molar refractivity (Wildman–Crippen MR) is 92.7 cm³/mol. The summed E-state index contributed by atoms with van der Waals surface area (Å²) in [6, 6.07) is 12.0. The highest BCUT2D eigenvalue weighted by Crippen LogP contribution is 2.13. The molecule has 0 radical (unpaired) electrons. The van der Waals surface area contributed by atoms with Crippen molar-refractivity contribution >= 4 is 28.9 Å². The molecule has 0 fully saturated rings. The zero-order valence-corrected chi connectivity index (χ0v) is 13.5. The number of hydrogen-bond acceptors (Lipinski definition) is 3. The highest BCUT2D eigenvalue weighted by atomic mass is 32.1. The molecule has 4 nitrogen and oxygen atoms in total. The van der Waals surface area contributed by atoms with Crippen molar-refractivity contribution in [1.29, 1.82) is 0 Å². The van der Waals surface area contributed by atoms with Crippen LogP contribution in [0.15, 0.2) is 48.8 Å². The molecule has 1 aromatic carbocycles. The van der Waals surface area contributed by atoms with E-state index in [0.717, 1.165) is 12.1 Å². The molecule has 5 heteroatoms. The molecule has 22 heavy (non-hydrogen) atoms. The maximum atomic E-state index is 11.6. The number of nitrogens with one attached hydrogen (secondary N) is 2. The molecule has 114 valence electrons. The van der Waals surface area contributed by atoms with Crippen LogP contribution in [0.2, 0.25) is 0 Å². The summed E-state index contributed by atoms with van der Waals surface area (Å²) in [5.41, 5.74) is 3.27. The Morgan fingerprint density at radius 3 is 2.27 bits per heavy atom. The summed E-state index contributed by atoms with van der Waals surface area (Å²) in [4.78, 5) is 15.6. The number of carbonyl (C=O) groups is 1. The molecule has 0 aliphatic heterocycles. The molecule has 1 heterocycles. The van der Waals surface area contributed by atoms with Crippen molar-refractivity contribution in [3.8, 4) is 0 Å². The van der Waals surface area contributed by atoms with Gasteiger partial charge in [0.25, 0.3) is 0 Å². The van der Waals surface area contributed by atoms with Gasteiger partial charge in [0.2, 0.25) is 5.91 Å². The van der Waals surface area contributed by atoms with E-state index in [0.29, 0.717) is 5.11 Å². The van der Waals surface area contributed by atoms with Crippen molar-refractivity contribution in [1.82, 2.24) is 10.3 Å². The molecule has 0 unspecified atom stereocenters. The first-order valence-electron chi connectivity index (χ1n) is 7.14. The Morgan fingerprint density at radius 2 is 1.68 bits per heavy atom. The predicted octanol–water partition coefficient (Wildman–Crippen LogP) is 3.14. The van der Waals surface area contributed by atoms with Gasteiger partial charge in [0.05, 0.1) is 0 Å². The molecule has 2 aromatic rings. The zero-order valence-electron chi connectivity index (χ0n) is 12.7. The molecule has 0 aliphatic rings. The van der Waals surface area contributed by atoms with Crippen LogP contribution in [-0.4, -0.2) is 16.0 Å². The molecular formula is C17H19N3OS. The normalized spacial score (nSPS) is 10.3. The monoisotopic (exact) mass is 313 g/mol. The summed E-state index contributed by atoms with van der Waals surface area (Å²) in [6.45, 7) is 3.65. The van der Waals surface area contributed by atoms with Gasteiger partial charge in [-0.3, -0.25) is 9.78 Å². The molecule has 0 atom stereocenters. The van der Waals surface area contributed by atoms with Gasteiger partial charge in [-0.1, -0.05) is 26.0 Å². The lowest BCUT2D eigenvalue weighted by molar-refractivity contribution is -0.122. The second kappa shape index (κ2) is 7.66. The third kappa shape index (κ3) is 4.93. The Labute approximate surface area is 136 Å². The van der Waals surface area contributed by atoms with Crippen molar-refractivity contribution in [2.75, 3.05) is 5.32 Å². The summed E-state index contributed by atoms with van der Waals surface area (Å²) in [7, 11) is 0. The second-order valence-electron chi connectivity index (χ2n) is 5.33. The van der Waals surface area contributed by atoms with Crippen LogP contribution < -0.4 is 10.6 Å². The van der Waals surface area contributed by atoms with Gasteiger partial charge in [-0.15, -0.1) is 0 Å². The van der Waals surface area contributed by atoms with Gasteiger partial charge in [-0.05, 0) is 54.0 Å². The minimum atomic E-state index is -0.0949. The van der Waals surface area contributed by atoms with Crippen LogP contribution in [0.4, 0.5) is 5.69 Å². The van der Waals surface area contributed by atoms with Crippen molar-refractivity contribution in [2.24, 2.45) is 5.92 Å². The Hall–Kier alpha value is -2.27. The van der Waals surface area contributed by atoms with Gasteiger partial charge in [-0.25, -0.2) is 0 Å². The molecule has 2 N–H and O–H groups in total. The van der Waals surface area contributed by atoms with E-state index in [1.807, 2.05) is 50.2 Å². The number of carbonyl (C=O) groups excluding carboxylic acids is 1. The van der Waals surface area contributed by atoms with Crippen molar-refractivity contribution in [2.45, 2.75) is 20.3 Å². The first-order chi connectivity index (χ1) is 10.5. The number of rotatable bonds is 4. The van der Waals surface area contributed by atoms with Gasteiger partial charge in [-0.2, -0.15) is 0 Å². The first kappa shape index (κ1) is 16.1. The van der Waals surface area contributed by atoms with E-state index in [9.17, 15) is 4.79 Å². The van der Waals surface area contributed by atoms with E-state index < -0.39 is 0 Å². The lowest BCUT2D eigenvalue weighted by Gasteiger charge is -2.11. The Bertz CT molecular complexity index is 639. The van der Waals surface area contributed by atoms with Crippen LogP contribution in [0, 0.1) is 5.92 Å². The van der Waals surface area contributed by atoms with Crippen LogP contribution in [0.3, 0.4) is 0 Å². The fraction of sp³-hybridized carbons (Fsp3) is 0.235. The molecule has 1 aromatic heterocycles. The molecule has 1 amide bonds. The van der Waals surface area contributed by atoms with Crippen molar-refractivity contribution in [3.05, 3.63) is 59.9 Å². The number of thiocarbonyl (C=S) groups is 1. The lowest BCUT2D eigenvalue weighted by atomic mass is 10.1. The number of amides is 1. The first-order valence-corrected chi connectivity index (χ1v) is 7.55. The van der Waals surface area contributed by atoms with Gasteiger partial charge in [0.1, 0.15) is 0 Å². The third-order valence-corrected chi connectivity index (χ3v) is 3.33. The van der Waals surface area contributed by atoms with Crippen LogP contribution >= 0.6 is 12.2 Å². The minimum Gasteiger partial charge on any atom is -0.332 e. The molecule has 0 saturated carbocycles. The van der Waals surface area contributed by atoms with Gasteiger partial charge >= 0.3 is 0 Å². The Kier molecular flexibility index (Phi) is 5.61. The van der Waals surface area contributed by atoms with E-state index in [4.69, 9.17) is 12.2 Å². The van der Waals surface area contributed by atoms with E-state index in [2.05, 4.69) is 15.6 Å². The zero-order chi connectivity index (χ0) is 15.9. The third-order valence-electron chi connectivity index (χ3n) is 3.13. The summed E-state index contributed by atoms with van der Waals surface area (Å²) in [5.74, 6) is -0.186. The standard InChI is InChI=1S/C17H19N3OS/c1-12(2)16(21)20-17(22)19-15-5-3-13(4-6-15)11-14-7-9-18-10-8-14/h3-10,12H,11H2,1-2H3,(H2,19,20,21,22). The fourth-order valence-corrected chi connectivity index (χ4v) is 2.08. The average Bonchev–Trinajstić information content (AvgIpc) is 2.50. The number of benzene rings is 1. The summed E-state index contributed by atoms with van der Waals surface area (Å²) in [5, 5.41) is 5.98. The van der Waals surface area contributed by atoms with Gasteiger partial charge in [0.15, 0.2) is 5.11 Å².